The Labute approximate surface area is 197 Å². The van der Waals surface area contributed by atoms with Crippen LogP contribution in [-0.4, -0.2) is 52.0 Å². The van der Waals surface area contributed by atoms with Gasteiger partial charge in [0.1, 0.15) is 11.7 Å². The highest BCUT2D eigenvalue weighted by molar-refractivity contribution is 6.36. The molecule has 0 bridgehead atoms. The van der Waals surface area contributed by atoms with Crippen molar-refractivity contribution in [3.8, 4) is 0 Å². The van der Waals surface area contributed by atoms with Crippen LogP contribution in [0.3, 0.4) is 0 Å². The van der Waals surface area contributed by atoms with Crippen molar-refractivity contribution in [1.29, 1.82) is 0 Å². The van der Waals surface area contributed by atoms with Gasteiger partial charge in [0.05, 0.1) is 18.3 Å². The molecule has 35 heavy (non-hydrogen) atoms. The molecule has 12 heteroatoms. The number of rotatable bonds is 4. The van der Waals surface area contributed by atoms with Gasteiger partial charge in [-0.1, -0.05) is 6.07 Å². The van der Waals surface area contributed by atoms with E-state index in [-0.39, 0.29) is 0 Å². The van der Waals surface area contributed by atoms with Crippen LogP contribution in [0.1, 0.15) is 32.7 Å². The van der Waals surface area contributed by atoms with Crippen molar-refractivity contribution >= 4 is 40.8 Å². The lowest BCUT2D eigenvalue weighted by molar-refractivity contribution is -0.137. The monoisotopic (exact) mass is 480 g/mol. The number of halogens is 3. The molecule has 4 heterocycles. The first-order chi connectivity index (χ1) is 16.7. The number of alkyl halides is 3. The largest absolute Gasteiger partial charge is 0.418 e. The van der Waals surface area contributed by atoms with E-state index < -0.39 is 23.3 Å². The fourth-order valence-electron chi connectivity index (χ4n) is 3.94. The number of hydrogen-bond donors (Lipinski definition) is 2. The summed E-state index contributed by atoms with van der Waals surface area (Å²) in [6.45, 7) is 3.20. The van der Waals surface area contributed by atoms with Crippen LogP contribution in [0.2, 0.25) is 0 Å². The van der Waals surface area contributed by atoms with E-state index in [1.54, 1.807) is 25.4 Å². The van der Waals surface area contributed by atoms with Gasteiger partial charge < -0.3 is 15.5 Å². The van der Waals surface area contributed by atoms with Gasteiger partial charge >= 0.3 is 6.18 Å². The number of nitrogens with one attached hydrogen (secondary N) is 2. The molecular weight excluding hydrogens is 461 g/mol. The molecule has 1 amide bonds. The normalized spacial score (nSPS) is 14.6. The molecule has 0 saturated carbocycles. The van der Waals surface area contributed by atoms with Gasteiger partial charge in [-0.3, -0.25) is 9.79 Å². The summed E-state index contributed by atoms with van der Waals surface area (Å²) in [5.74, 6) is 1.22. The van der Waals surface area contributed by atoms with E-state index in [4.69, 9.17) is 0 Å². The maximum absolute atomic E-state index is 13.0. The zero-order valence-corrected chi connectivity index (χ0v) is 18.7. The van der Waals surface area contributed by atoms with Crippen molar-refractivity contribution in [2.75, 3.05) is 35.7 Å². The number of nitrogens with zero attached hydrogens (tertiary/aromatic N) is 6. The van der Waals surface area contributed by atoms with Gasteiger partial charge in [-0.2, -0.15) is 23.3 Å². The van der Waals surface area contributed by atoms with Crippen LogP contribution < -0.4 is 15.5 Å². The zero-order valence-electron chi connectivity index (χ0n) is 18.7. The number of anilines is 3. The second-order valence-corrected chi connectivity index (χ2v) is 7.95. The second-order valence-electron chi connectivity index (χ2n) is 7.95. The van der Waals surface area contributed by atoms with Crippen LogP contribution in [0.15, 0.2) is 41.7 Å². The molecule has 2 aliphatic rings. The summed E-state index contributed by atoms with van der Waals surface area (Å²) < 4.78 is 38.9. The highest BCUT2D eigenvalue weighted by Gasteiger charge is 2.33. The zero-order chi connectivity index (χ0) is 24.7. The SMILES string of the molecule is CNc1ncc2c(n1)N1CCN=C1C(c1cc(NC(=O)c3cc(C(F)(F)F)cnn3)ccc1C)=C2. The van der Waals surface area contributed by atoms with Crippen molar-refractivity contribution in [1.82, 2.24) is 20.2 Å². The molecule has 2 N–H and O–H groups in total. The van der Waals surface area contributed by atoms with E-state index in [1.807, 2.05) is 24.0 Å². The molecule has 0 fully saturated rings. The van der Waals surface area contributed by atoms with E-state index in [9.17, 15) is 18.0 Å². The smallest absolute Gasteiger partial charge is 0.357 e. The second kappa shape index (κ2) is 8.46. The highest BCUT2D eigenvalue weighted by Crippen LogP contribution is 2.37. The number of fused-ring (bicyclic) bond motifs is 3. The number of aromatic nitrogens is 4. The van der Waals surface area contributed by atoms with Gasteiger partial charge in [0.2, 0.25) is 5.95 Å². The van der Waals surface area contributed by atoms with Crippen LogP contribution in [-0.2, 0) is 6.18 Å². The number of carbonyl (C=O) groups is 1. The molecule has 5 rings (SSSR count). The van der Waals surface area contributed by atoms with Gasteiger partial charge in [-0.15, -0.1) is 5.10 Å². The lowest BCUT2D eigenvalue weighted by Gasteiger charge is -2.28. The van der Waals surface area contributed by atoms with Crippen LogP contribution in [0.5, 0.6) is 0 Å². The third-order valence-corrected chi connectivity index (χ3v) is 5.66. The molecule has 9 nitrogen and oxygen atoms in total. The predicted octanol–water partition coefficient (Wildman–Crippen LogP) is 3.66. The number of aliphatic imine (C=N–C) groups is 1. The fraction of sp³-hybridized carbons (Fsp3) is 0.217. The topological polar surface area (TPSA) is 108 Å². The molecule has 178 valence electrons. The minimum atomic E-state index is -4.63. The number of aryl methyl sites for hydroxylation is 1. The van der Waals surface area contributed by atoms with Gasteiger partial charge in [0.25, 0.3) is 5.91 Å². The molecule has 0 aliphatic carbocycles. The number of hydrogen-bond acceptors (Lipinski definition) is 8. The third-order valence-electron chi connectivity index (χ3n) is 5.66. The van der Waals surface area contributed by atoms with E-state index >= 15 is 0 Å². The summed E-state index contributed by atoms with van der Waals surface area (Å²) in [6, 6.07) is 5.92. The lowest BCUT2D eigenvalue weighted by Crippen LogP contribution is -2.32. The van der Waals surface area contributed by atoms with Crippen molar-refractivity contribution in [2.24, 2.45) is 4.99 Å². The Morgan fingerprint density at radius 3 is 2.77 bits per heavy atom. The van der Waals surface area contributed by atoms with Crippen molar-refractivity contribution in [3.05, 3.63) is 64.6 Å². The molecule has 2 aromatic heterocycles. The first-order valence-corrected chi connectivity index (χ1v) is 10.7. The fourth-order valence-corrected chi connectivity index (χ4v) is 3.94. The minimum absolute atomic E-state index is 0.397. The van der Waals surface area contributed by atoms with Crippen LogP contribution >= 0.6 is 0 Å². The molecule has 0 spiro atoms. The summed E-state index contributed by atoms with van der Waals surface area (Å²) in [4.78, 5) is 28.2. The van der Waals surface area contributed by atoms with Gasteiger partial charge in [-0.25, -0.2) is 4.98 Å². The molecular formula is C23H19F3N8O. The molecule has 0 atom stereocenters. The Morgan fingerprint density at radius 2 is 2.00 bits per heavy atom. The van der Waals surface area contributed by atoms with Crippen molar-refractivity contribution in [3.63, 3.8) is 0 Å². The number of carbonyl (C=O) groups excluding carboxylic acids is 1. The summed E-state index contributed by atoms with van der Waals surface area (Å²) in [5, 5.41) is 12.4. The molecule has 0 saturated heterocycles. The minimum Gasteiger partial charge on any atom is -0.357 e. The standard InChI is InChI=1S/C23H19F3N8O/c1-12-3-4-15(31-21(35)18-8-14(11-30-33-18)23(24,25)26)9-16(12)17-7-13-10-29-22(27-2)32-19(13)34-6-5-28-20(17)34/h3-4,7-11H,5-6H2,1-2H3,(H,31,35)(H,27,29,32). The Bertz CT molecular complexity index is 1400. The number of benzene rings is 1. The van der Waals surface area contributed by atoms with Crippen molar-refractivity contribution < 1.29 is 18.0 Å². The Balaban J connectivity index is 1.49. The summed E-state index contributed by atoms with van der Waals surface area (Å²) in [7, 11) is 1.75. The Kier molecular flexibility index (Phi) is 5.42. The first-order valence-electron chi connectivity index (χ1n) is 10.7. The summed E-state index contributed by atoms with van der Waals surface area (Å²) in [5.41, 5.74) is 2.32. The average Bonchev–Trinajstić information content (AvgIpc) is 3.34. The van der Waals surface area contributed by atoms with E-state index in [1.165, 1.54) is 0 Å². The maximum atomic E-state index is 13.0. The number of amidine groups is 1. The lowest BCUT2D eigenvalue weighted by atomic mass is 9.94. The first kappa shape index (κ1) is 22.4. The quantitative estimate of drug-likeness (QED) is 0.587. The molecule has 1 aromatic carbocycles. The molecule has 2 aliphatic heterocycles. The molecule has 0 radical (unpaired) electrons. The van der Waals surface area contributed by atoms with E-state index in [0.717, 1.165) is 33.9 Å². The highest BCUT2D eigenvalue weighted by atomic mass is 19.4. The van der Waals surface area contributed by atoms with Gasteiger partial charge in [-0.05, 0) is 42.3 Å². The Hall–Kier alpha value is -4.35. The maximum Gasteiger partial charge on any atom is 0.418 e. The van der Waals surface area contributed by atoms with Crippen molar-refractivity contribution in [2.45, 2.75) is 13.1 Å². The van der Waals surface area contributed by atoms with E-state index in [0.29, 0.717) is 37.0 Å². The van der Waals surface area contributed by atoms with Gasteiger partial charge in [0, 0.05) is 36.6 Å². The number of amides is 1. The average molecular weight is 480 g/mol. The van der Waals surface area contributed by atoms with Gasteiger partial charge in [0.15, 0.2) is 5.69 Å². The van der Waals surface area contributed by atoms with Crippen LogP contribution in [0.25, 0.3) is 11.6 Å². The summed E-state index contributed by atoms with van der Waals surface area (Å²) >= 11 is 0. The van der Waals surface area contributed by atoms with E-state index in [2.05, 4.69) is 35.8 Å². The third kappa shape index (κ3) is 4.18. The van der Waals surface area contributed by atoms with Crippen LogP contribution in [0, 0.1) is 6.92 Å². The Morgan fingerprint density at radius 1 is 1.17 bits per heavy atom. The van der Waals surface area contributed by atoms with Crippen LogP contribution in [0.4, 0.5) is 30.6 Å². The predicted molar refractivity (Wildman–Crippen MR) is 125 cm³/mol. The molecule has 3 aromatic rings. The molecule has 0 unspecified atom stereocenters. The summed E-state index contributed by atoms with van der Waals surface area (Å²) in [6.07, 6.45) is -0.374.